The Kier molecular flexibility index (Phi) is 3.65. The molecule has 0 saturated carbocycles. The maximum Gasteiger partial charge on any atom is 0.153 e. The lowest BCUT2D eigenvalue weighted by atomic mass is 10.0. The summed E-state index contributed by atoms with van der Waals surface area (Å²) in [6.45, 7) is 1.89. The van der Waals surface area contributed by atoms with Crippen molar-refractivity contribution in [3.8, 4) is 5.75 Å². The van der Waals surface area contributed by atoms with Gasteiger partial charge in [-0.1, -0.05) is 13.0 Å². The molecule has 3 heteroatoms. The number of benzene rings is 1. The lowest BCUT2D eigenvalue weighted by Gasteiger charge is -2.08. The first-order chi connectivity index (χ1) is 6.67. The highest BCUT2D eigenvalue weighted by Crippen LogP contribution is 2.17. The molecule has 1 atom stereocenters. The third kappa shape index (κ3) is 2.57. The van der Waals surface area contributed by atoms with Gasteiger partial charge in [-0.05, 0) is 30.5 Å². The van der Waals surface area contributed by atoms with Gasteiger partial charge in [0.15, 0.2) is 6.29 Å². The number of phenolic OH excluding ortho intramolecular Hbond substituents is 1. The molecule has 0 spiro atoms. The van der Waals surface area contributed by atoms with Crippen molar-refractivity contribution in [1.82, 2.24) is 0 Å². The molecule has 0 amide bonds. The van der Waals surface area contributed by atoms with Crippen LogP contribution in [0.2, 0.25) is 0 Å². The number of hydrogen-bond acceptors (Lipinski definition) is 3. The minimum absolute atomic E-state index is 0.0188. The Labute approximate surface area is 83.0 Å². The Morgan fingerprint density at radius 3 is 2.79 bits per heavy atom. The molecule has 0 aliphatic carbocycles. The Balaban J connectivity index is 2.84. The number of hydrogen-bond donors (Lipinski definition) is 2. The van der Waals surface area contributed by atoms with E-state index in [1.54, 1.807) is 12.1 Å². The molecule has 0 aromatic heterocycles. The van der Waals surface area contributed by atoms with Gasteiger partial charge in [0.05, 0.1) is 11.7 Å². The van der Waals surface area contributed by atoms with Crippen molar-refractivity contribution in [2.24, 2.45) is 0 Å². The molecular formula is C11H14O3. The van der Waals surface area contributed by atoms with Crippen molar-refractivity contribution < 1.29 is 15.0 Å². The van der Waals surface area contributed by atoms with Crippen molar-refractivity contribution in [2.45, 2.75) is 25.9 Å². The van der Waals surface area contributed by atoms with Gasteiger partial charge in [-0.2, -0.15) is 0 Å². The minimum Gasteiger partial charge on any atom is -0.507 e. The molecule has 0 radical (unpaired) electrons. The van der Waals surface area contributed by atoms with Crippen LogP contribution in [0.25, 0.3) is 0 Å². The van der Waals surface area contributed by atoms with Crippen molar-refractivity contribution in [3.63, 3.8) is 0 Å². The number of aromatic hydroxyl groups is 1. The zero-order valence-corrected chi connectivity index (χ0v) is 8.10. The summed E-state index contributed by atoms with van der Waals surface area (Å²) in [6, 6.07) is 4.78. The second-order valence-corrected chi connectivity index (χ2v) is 3.28. The summed E-state index contributed by atoms with van der Waals surface area (Å²) in [6.07, 6.45) is 1.41. The summed E-state index contributed by atoms with van der Waals surface area (Å²) in [7, 11) is 0. The standard InChI is InChI=1S/C11H14O3/c1-2-10(13)6-8-3-4-11(14)9(5-8)7-12/h3-5,7,10,13-14H,2,6H2,1H3. The number of aliphatic hydroxyl groups excluding tert-OH is 1. The molecule has 0 saturated heterocycles. The van der Waals surface area contributed by atoms with Gasteiger partial charge in [-0.3, -0.25) is 4.79 Å². The molecule has 76 valence electrons. The van der Waals surface area contributed by atoms with Gasteiger partial charge >= 0.3 is 0 Å². The van der Waals surface area contributed by atoms with Crippen LogP contribution in [-0.2, 0) is 6.42 Å². The summed E-state index contributed by atoms with van der Waals surface area (Å²) in [5, 5.41) is 18.6. The lowest BCUT2D eigenvalue weighted by Crippen LogP contribution is -2.08. The predicted molar refractivity (Wildman–Crippen MR) is 53.5 cm³/mol. The fourth-order valence-corrected chi connectivity index (χ4v) is 1.24. The molecule has 1 aromatic rings. The molecule has 14 heavy (non-hydrogen) atoms. The largest absolute Gasteiger partial charge is 0.507 e. The van der Waals surface area contributed by atoms with Gasteiger partial charge < -0.3 is 10.2 Å². The number of carbonyl (C=O) groups is 1. The number of phenols is 1. The van der Waals surface area contributed by atoms with Gasteiger partial charge in [-0.15, -0.1) is 0 Å². The maximum atomic E-state index is 10.5. The molecule has 0 fully saturated rings. The quantitative estimate of drug-likeness (QED) is 0.714. The van der Waals surface area contributed by atoms with Crippen LogP contribution in [0.3, 0.4) is 0 Å². The smallest absolute Gasteiger partial charge is 0.153 e. The van der Waals surface area contributed by atoms with Crippen LogP contribution >= 0.6 is 0 Å². The van der Waals surface area contributed by atoms with Gasteiger partial charge in [0.1, 0.15) is 5.75 Å². The van der Waals surface area contributed by atoms with E-state index in [9.17, 15) is 15.0 Å². The van der Waals surface area contributed by atoms with E-state index >= 15 is 0 Å². The second kappa shape index (κ2) is 4.77. The summed E-state index contributed by atoms with van der Waals surface area (Å²) in [5.41, 5.74) is 1.13. The van der Waals surface area contributed by atoms with Crippen molar-refractivity contribution in [3.05, 3.63) is 29.3 Å². The van der Waals surface area contributed by atoms with Crippen LogP contribution in [-0.4, -0.2) is 22.6 Å². The van der Waals surface area contributed by atoms with Crippen molar-refractivity contribution in [1.29, 1.82) is 0 Å². The third-order valence-electron chi connectivity index (χ3n) is 2.16. The van der Waals surface area contributed by atoms with Crippen LogP contribution in [0, 0.1) is 0 Å². The summed E-state index contributed by atoms with van der Waals surface area (Å²) in [5.74, 6) is -0.0188. The first-order valence-electron chi connectivity index (χ1n) is 4.62. The van der Waals surface area contributed by atoms with Crippen LogP contribution in [0.15, 0.2) is 18.2 Å². The van der Waals surface area contributed by atoms with E-state index in [-0.39, 0.29) is 17.4 Å². The predicted octanol–water partition coefficient (Wildman–Crippen LogP) is 1.52. The first-order valence-corrected chi connectivity index (χ1v) is 4.62. The molecule has 0 heterocycles. The SMILES string of the molecule is CCC(O)Cc1ccc(O)c(C=O)c1. The van der Waals surface area contributed by atoms with E-state index in [2.05, 4.69) is 0 Å². The Morgan fingerprint density at radius 1 is 1.50 bits per heavy atom. The highest BCUT2D eigenvalue weighted by molar-refractivity contribution is 5.79. The normalized spacial score (nSPS) is 12.4. The topological polar surface area (TPSA) is 57.5 Å². The zero-order valence-electron chi connectivity index (χ0n) is 8.10. The van der Waals surface area contributed by atoms with E-state index in [0.29, 0.717) is 19.1 Å². The summed E-state index contributed by atoms with van der Waals surface area (Å²) >= 11 is 0. The van der Waals surface area contributed by atoms with E-state index < -0.39 is 0 Å². The Hall–Kier alpha value is -1.35. The minimum atomic E-state index is -0.390. The lowest BCUT2D eigenvalue weighted by molar-refractivity contribution is 0.112. The zero-order chi connectivity index (χ0) is 10.6. The van der Waals surface area contributed by atoms with Gasteiger partial charge in [0.25, 0.3) is 0 Å². The highest BCUT2D eigenvalue weighted by Gasteiger charge is 2.05. The van der Waals surface area contributed by atoms with Crippen LogP contribution in [0.4, 0.5) is 0 Å². The fourth-order valence-electron chi connectivity index (χ4n) is 1.24. The van der Waals surface area contributed by atoms with Gasteiger partial charge in [0, 0.05) is 0 Å². The molecule has 0 aliphatic rings. The number of rotatable bonds is 4. The molecule has 0 aliphatic heterocycles. The van der Waals surface area contributed by atoms with Crippen LogP contribution in [0.5, 0.6) is 5.75 Å². The monoisotopic (exact) mass is 194 g/mol. The Morgan fingerprint density at radius 2 is 2.21 bits per heavy atom. The average molecular weight is 194 g/mol. The fraction of sp³-hybridized carbons (Fsp3) is 0.364. The molecule has 3 nitrogen and oxygen atoms in total. The number of carbonyl (C=O) groups excluding carboxylic acids is 1. The van der Waals surface area contributed by atoms with E-state index in [1.165, 1.54) is 6.07 Å². The van der Waals surface area contributed by atoms with Crippen molar-refractivity contribution in [2.75, 3.05) is 0 Å². The number of aliphatic hydroxyl groups is 1. The molecule has 1 unspecified atom stereocenters. The summed E-state index contributed by atoms with van der Waals surface area (Å²) in [4.78, 5) is 10.5. The molecule has 2 N–H and O–H groups in total. The molecule has 1 aromatic carbocycles. The molecule has 1 rings (SSSR count). The number of aldehydes is 1. The van der Waals surface area contributed by atoms with Gasteiger partial charge in [-0.25, -0.2) is 0 Å². The van der Waals surface area contributed by atoms with E-state index in [4.69, 9.17) is 0 Å². The maximum absolute atomic E-state index is 10.5. The van der Waals surface area contributed by atoms with Crippen LogP contribution < -0.4 is 0 Å². The first kappa shape index (κ1) is 10.7. The Bertz CT molecular complexity index is 320. The molecule has 0 bridgehead atoms. The van der Waals surface area contributed by atoms with E-state index in [0.717, 1.165) is 5.56 Å². The third-order valence-corrected chi connectivity index (χ3v) is 2.16. The second-order valence-electron chi connectivity index (χ2n) is 3.28. The average Bonchev–Trinajstić information content (AvgIpc) is 2.20. The van der Waals surface area contributed by atoms with E-state index in [1.807, 2.05) is 6.92 Å². The van der Waals surface area contributed by atoms with Crippen LogP contribution in [0.1, 0.15) is 29.3 Å². The van der Waals surface area contributed by atoms with Gasteiger partial charge in [0.2, 0.25) is 0 Å². The highest BCUT2D eigenvalue weighted by atomic mass is 16.3. The summed E-state index contributed by atoms with van der Waals surface area (Å²) < 4.78 is 0. The van der Waals surface area contributed by atoms with Crippen molar-refractivity contribution >= 4 is 6.29 Å². The molecular weight excluding hydrogens is 180 g/mol.